The minimum absolute atomic E-state index is 0.0544. The maximum atomic E-state index is 11.6. The van der Waals surface area contributed by atoms with E-state index in [1.54, 1.807) is 18.5 Å². The van der Waals surface area contributed by atoms with Crippen LogP contribution in [0, 0.1) is 0 Å². The highest BCUT2D eigenvalue weighted by molar-refractivity contribution is 9.10. The summed E-state index contributed by atoms with van der Waals surface area (Å²) >= 11 is 9.21. The summed E-state index contributed by atoms with van der Waals surface area (Å²) in [6, 6.07) is 6.62. The number of rotatable bonds is 5. The molecule has 0 atom stereocenters. The lowest BCUT2D eigenvalue weighted by atomic mass is 10.2. The number of pyridine rings is 1. The molecule has 0 aliphatic carbocycles. The first-order valence-corrected chi connectivity index (χ1v) is 9.31. The van der Waals surface area contributed by atoms with Gasteiger partial charge in [-0.05, 0) is 23.8 Å². The lowest BCUT2D eigenvalue weighted by Gasteiger charge is -2.12. The van der Waals surface area contributed by atoms with Crippen LogP contribution in [0.5, 0.6) is 5.75 Å². The molecule has 4 nitrogen and oxygen atoms in total. The van der Waals surface area contributed by atoms with Crippen LogP contribution in [0.3, 0.4) is 0 Å². The molecule has 0 unspecified atom stereocenters. The molecule has 0 amide bonds. The summed E-state index contributed by atoms with van der Waals surface area (Å²) in [4.78, 5) is 3.83. The van der Waals surface area contributed by atoms with Crippen LogP contribution in [0.4, 0.5) is 0 Å². The zero-order chi connectivity index (χ0) is 15.5. The zero-order valence-corrected chi connectivity index (χ0v) is 14.5. The minimum Gasteiger partial charge on any atom is -0.490 e. The Morgan fingerprint density at radius 3 is 2.71 bits per heavy atom. The Hall–Kier alpha value is -0.820. The van der Waals surface area contributed by atoms with E-state index in [0.717, 1.165) is 5.56 Å². The zero-order valence-electron chi connectivity index (χ0n) is 10.6. The Morgan fingerprint density at radius 1 is 1.33 bits per heavy atom. The predicted octanol–water partition coefficient (Wildman–Crippen LogP) is 4.05. The van der Waals surface area contributed by atoms with Gasteiger partial charge in [0, 0.05) is 34.0 Å². The molecule has 112 valence electrons. The van der Waals surface area contributed by atoms with E-state index >= 15 is 0 Å². The molecule has 0 saturated carbocycles. The van der Waals surface area contributed by atoms with E-state index in [1.165, 1.54) is 6.07 Å². The highest BCUT2D eigenvalue weighted by Crippen LogP contribution is 2.37. The van der Waals surface area contributed by atoms with Gasteiger partial charge in [-0.2, -0.15) is 0 Å². The first-order chi connectivity index (χ1) is 9.88. The second kappa shape index (κ2) is 6.96. The van der Waals surface area contributed by atoms with Crippen molar-refractivity contribution < 1.29 is 13.2 Å². The van der Waals surface area contributed by atoms with Gasteiger partial charge in [-0.1, -0.05) is 33.6 Å². The smallest absolute Gasteiger partial charge is 0.265 e. The van der Waals surface area contributed by atoms with Crippen molar-refractivity contribution in [1.29, 1.82) is 0 Å². The SMILES string of the molecule is O=S(=O)(Cl)c1cc(Br)cc(Cl)c1OCCc1cccnc1. The Balaban J connectivity index is 2.20. The monoisotopic (exact) mass is 409 g/mol. The van der Waals surface area contributed by atoms with Crippen molar-refractivity contribution in [2.45, 2.75) is 11.3 Å². The summed E-state index contributed by atoms with van der Waals surface area (Å²) < 4.78 is 29.2. The number of aromatic nitrogens is 1. The molecule has 21 heavy (non-hydrogen) atoms. The number of nitrogens with zero attached hydrogens (tertiary/aromatic N) is 1. The largest absolute Gasteiger partial charge is 0.490 e. The average molecular weight is 411 g/mol. The fraction of sp³-hybridized carbons (Fsp3) is 0.154. The Morgan fingerprint density at radius 2 is 2.10 bits per heavy atom. The van der Waals surface area contributed by atoms with Gasteiger partial charge in [0.25, 0.3) is 9.05 Å². The van der Waals surface area contributed by atoms with Crippen LogP contribution >= 0.6 is 38.2 Å². The summed E-state index contributed by atoms with van der Waals surface area (Å²) in [7, 11) is 1.45. The molecule has 0 N–H and O–H groups in total. The van der Waals surface area contributed by atoms with Crippen LogP contribution in [0.15, 0.2) is 46.0 Å². The standard InChI is InChI=1S/C13H10BrCl2NO3S/c14-10-6-11(15)13(12(7-10)21(16,18)19)20-5-3-9-2-1-4-17-8-9/h1-2,4,6-8H,3,5H2. The number of hydrogen-bond donors (Lipinski definition) is 0. The maximum Gasteiger partial charge on any atom is 0.265 e. The molecule has 0 fully saturated rings. The summed E-state index contributed by atoms with van der Waals surface area (Å²) in [6.45, 7) is 0.256. The molecule has 2 rings (SSSR count). The van der Waals surface area contributed by atoms with E-state index in [2.05, 4.69) is 20.9 Å². The molecule has 0 aliphatic heterocycles. The van der Waals surface area contributed by atoms with E-state index in [1.807, 2.05) is 12.1 Å². The van der Waals surface area contributed by atoms with Gasteiger partial charge in [0.2, 0.25) is 0 Å². The quantitative estimate of drug-likeness (QED) is 0.697. The van der Waals surface area contributed by atoms with Crippen LogP contribution in [0.2, 0.25) is 5.02 Å². The summed E-state index contributed by atoms with van der Waals surface area (Å²) in [6.07, 6.45) is 3.96. The first kappa shape index (κ1) is 16.5. The third-order valence-corrected chi connectivity index (χ3v) is 4.66. The van der Waals surface area contributed by atoms with E-state index in [4.69, 9.17) is 27.0 Å². The van der Waals surface area contributed by atoms with Crippen molar-refractivity contribution in [3.63, 3.8) is 0 Å². The van der Waals surface area contributed by atoms with Gasteiger partial charge in [0.05, 0.1) is 11.6 Å². The van der Waals surface area contributed by atoms with Gasteiger partial charge < -0.3 is 4.74 Å². The van der Waals surface area contributed by atoms with Crippen LogP contribution in [0.25, 0.3) is 0 Å². The molecule has 8 heteroatoms. The molecule has 0 bridgehead atoms. The number of hydrogen-bond acceptors (Lipinski definition) is 4. The predicted molar refractivity (Wildman–Crippen MR) is 85.6 cm³/mol. The maximum absolute atomic E-state index is 11.6. The highest BCUT2D eigenvalue weighted by atomic mass is 79.9. The van der Waals surface area contributed by atoms with Crippen LogP contribution in [-0.2, 0) is 15.5 Å². The molecule has 0 radical (unpaired) electrons. The molecule has 1 aromatic carbocycles. The van der Waals surface area contributed by atoms with Gasteiger partial charge in [-0.25, -0.2) is 8.42 Å². The van der Waals surface area contributed by atoms with Crippen molar-refractivity contribution in [2.75, 3.05) is 6.61 Å². The van der Waals surface area contributed by atoms with E-state index in [9.17, 15) is 8.42 Å². The van der Waals surface area contributed by atoms with Crippen molar-refractivity contribution in [3.05, 3.63) is 51.7 Å². The van der Waals surface area contributed by atoms with E-state index in [-0.39, 0.29) is 22.3 Å². The Bertz CT molecular complexity index is 739. The number of ether oxygens (including phenoxy) is 1. The van der Waals surface area contributed by atoms with Crippen molar-refractivity contribution in [3.8, 4) is 5.75 Å². The summed E-state index contributed by atoms with van der Waals surface area (Å²) in [5, 5.41) is 0.176. The second-order valence-corrected chi connectivity index (χ2v) is 7.97. The molecule has 0 saturated heterocycles. The van der Waals surface area contributed by atoms with Crippen molar-refractivity contribution >= 4 is 47.3 Å². The molecule has 1 heterocycles. The topological polar surface area (TPSA) is 56.3 Å². The summed E-state index contributed by atoms with van der Waals surface area (Å²) in [5.41, 5.74) is 0.973. The van der Waals surface area contributed by atoms with Crippen molar-refractivity contribution in [2.24, 2.45) is 0 Å². The molecule has 1 aromatic heterocycles. The molecular formula is C13H10BrCl2NO3S. The lowest BCUT2D eigenvalue weighted by molar-refractivity contribution is 0.314. The highest BCUT2D eigenvalue weighted by Gasteiger charge is 2.21. The molecule has 0 aliphatic rings. The number of benzene rings is 1. The minimum atomic E-state index is -3.95. The van der Waals surface area contributed by atoms with Gasteiger partial charge in [0.15, 0.2) is 5.75 Å². The lowest BCUT2D eigenvalue weighted by Crippen LogP contribution is -2.05. The molecular weight excluding hydrogens is 401 g/mol. The normalized spacial score (nSPS) is 11.4. The van der Waals surface area contributed by atoms with Gasteiger partial charge >= 0.3 is 0 Å². The second-order valence-electron chi connectivity index (χ2n) is 4.11. The Kier molecular flexibility index (Phi) is 5.48. The molecule has 0 spiro atoms. The molecule has 2 aromatic rings. The van der Waals surface area contributed by atoms with Gasteiger partial charge in [0.1, 0.15) is 4.90 Å². The average Bonchev–Trinajstić information content (AvgIpc) is 2.41. The summed E-state index contributed by atoms with van der Waals surface area (Å²) in [5.74, 6) is 0.0544. The third-order valence-electron chi connectivity index (χ3n) is 2.60. The fourth-order valence-electron chi connectivity index (χ4n) is 1.67. The first-order valence-electron chi connectivity index (χ1n) is 5.83. The van der Waals surface area contributed by atoms with Crippen LogP contribution in [0.1, 0.15) is 5.56 Å². The van der Waals surface area contributed by atoms with Gasteiger partial charge in [-0.15, -0.1) is 0 Å². The van der Waals surface area contributed by atoms with Crippen LogP contribution < -0.4 is 4.74 Å². The third kappa shape index (κ3) is 4.57. The number of halogens is 3. The fourth-order valence-corrected chi connectivity index (χ4v) is 3.75. The van der Waals surface area contributed by atoms with Gasteiger partial charge in [-0.3, -0.25) is 4.98 Å². The Labute approximate surface area is 140 Å². The van der Waals surface area contributed by atoms with E-state index < -0.39 is 9.05 Å². The van der Waals surface area contributed by atoms with E-state index in [0.29, 0.717) is 10.9 Å². The van der Waals surface area contributed by atoms with Crippen molar-refractivity contribution in [1.82, 2.24) is 4.98 Å². The van der Waals surface area contributed by atoms with Crippen LogP contribution in [-0.4, -0.2) is 20.0 Å².